The molecule has 0 amide bonds. The summed E-state index contributed by atoms with van der Waals surface area (Å²) in [6.45, 7) is 1.97. The highest BCUT2D eigenvalue weighted by Crippen LogP contribution is 2.23. The van der Waals surface area contributed by atoms with Crippen molar-refractivity contribution in [3.63, 3.8) is 0 Å². The smallest absolute Gasteiger partial charge is 0.337 e. The number of hydrogen-bond donors (Lipinski definition) is 0. The van der Waals surface area contributed by atoms with E-state index in [1.54, 1.807) is 35.0 Å². The number of benzene rings is 2. The van der Waals surface area contributed by atoms with E-state index in [9.17, 15) is 4.79 Å². The molecule has 1 aromatic heterocycles. The van der Waals surface area contributed by atoms with E-state index in [-0.39, 0.29) is 5.97 Å². The lowest BCUT2D eigenvalue weighted by Gasteiger charge is -2.04. The standard InChI is InChI=1S/C19H15N3O2/c1-13-12-22(17-5-3-4-16(10-17)19(23)24-2)21-18(13)15-8-6-14(11-20)7-9-15/h3-10,12H,1-2H3. The molecule has 5 heteroatoms. The van der Waals surface area contributed by atoms with Crippen LogP contribution in [0, 0.1) is 18.3 Å². The van der Waals surface area contributed by atoms with Crippen LogP contribution in [0.1, 0.15) is 21.5 Å². The molecule has 0 aliphatic heterocycles. The van der Waals surface area contributed by atoms with Crippen LogP contribution in [0.2, 0.25) is 0 Å². The van der Waals surface area contributed by atoms with Crippen LogP contribution in [-0.2, 0) is 4.74 Å². The molecule has 0 radical (unpaired) electrons. The normalized spacial score (nSPS) is 10.2. The minimum absolute atomic E-state index is 0.381. The maximum Gasteiger partial charge on any atom is 0.337 e. The summed E-state index contributed by atoms with van der Waals surface area (Å²) >= 11 is 0. The van der Waals surface area contributed by atoms with Gasteiger partial charge >= 0.3 is 5.97 Å². The molecular weight excluding hydrogens is 302 g/mol. The van der Waals surface area contributed by atoms with E-state index in [0.29, 0.717) is 11.1 Å². The number of ether oxygens (including phenoxy) is 1. The Bertz CT molecular complexity index is 934. The number of rotatable bonds is 3. The Labute approximate surface area is 139 Å². The third-order valence-electron chi connectivity index (χ3n) is 3.72. The molecule has 3 aromatic rings. The molecular formula is C19H15N3O2. The maximum absolute atomic E-state index is 11.7. The first kappa shape index (κ1) is 15.5. The van der Waals surface area contributed by atoms with Crippen LogP contribution in [0.15, 0.2) is 54.7 Å². The van der Waals surface area contributed by atoms with E-state index >= 15 is 0 Å². The van der Waals surface area contributed by atoms with Crippen molar-refractivity contribution in [1.82, 2.24) is 9.78 Å². The van der Waals surface area contributed by atoms with Crippen LogP contribution >= 0.6 is 0 Å². The minimum atomic E-state index is -0.381. The molecule has 0 aliphatic carbocycles. The average molecular weight is 317 g/mol. The van der Waals surface area contributed by atoms with Crippen molar-refractivity contribution in [3.8, 4) is 23.0 Å². The van der Waals surface area contributed by atoms with E-state index < -0.39 is 0 Å². The molecule has 3 rings (SSSR count). The van der Waals surface area contributed by atoms with Gasteiger partial charge in [0.15, 0.2) is 0 Å². The molecule has 2 aromatic carbocycles. The van der Waals surface area contributed by atoms with Crippen LogP contribution in [-0.4, -0.2) is 22.9 Å². The summed E-state index contributed by atoms with van der Waals surface area (Å²) < 4.78 is 6.48. The van der Waals surface area contributed by atoms with Gasteiger partial charge in [0, 0.05) is 11.8 Å². The number of nitriles is 1. The number of esters is 1. The van der Waals surface area contributed by atoms with Gasteiger partial charge in [0.2, 0.25) is 0 Å². The largest absolute Gasteiger partial charge is 0.465 e. The Balaban J connectivity index is 1.99. The third kappa shape index (κ3) is 2.90. The molecule has 0 bridgehead atoms. The van der Waals surface area contributed by atoms with Gasteiger partial charge in [-0.25, -0.2) is 9.48 Å². The number of aromatic nitrogens is 2. The van der Waals surface area contributed by atoms with Crippen LogP contribution in [0.4, 0.5) is 0 Å². The molecule has 0 saturated heterocycles. The van der Waals surface area contributed by atoms with Gasteiger partial charge in [-0.15, -0.1) is 0 Å². The predicted molar refractivity (Wildman–Crippen MR) is 89.8 cm³/mol. The molecule has 5 nitrogen and oxygen atoms in total. The van der Waals surface area contributed by atoms with E-state index in [4.69, 9.17) is 10.00 Å². The van der Waals surface area contributed by atoms with Crippen LogP contribution in [0.5, 0.6) is 0 Å². The van der Waals surface area contributed by atoms with Crippen molar-refractivity contribution < 1.29 is 9.53 Å². The highest BCUT2D eigenvalue weighted by molar-refractivity contribution is 5.89. The lowest BCUT2D eigenvalue weighted by atomic mass is 10.1. The topological polar surface area (TPSA) is 67.9 Å². The summed E-state index contributed by atoms with van der Waals surface area (Å²) in [5.74, 6) is -0.381. The van der Waals surface area contributed by atoms with Crippen molar-refractivity contribution in [2.75, 3.05) is 7.11 Å². The fourth-order valence-electron chi connectivity index (χ4n) is 2.47. The summed E-state index contributed by atoms with van der Waals surface area (Å²) in [5, 5.41) is 13.5. The van der Waals surface area contributed by atoms with Crippen LogP contribution in [0.25, 0.3) is 16.9 Å². The maximum atomic E-state index is 11.7. The first-order chi connectivity index (χ1) is 11.6. The summed E-state index contributed by atoms with van der Waals surface area (Å²) in [6, 6.07) is 16.5. The highest BCUT2D eigenvalue weighted by atomic mass is 16.5. The quantitative estimate of drug-likeness (QED) is 0.693. The van der Waals surface area contributed by atoms with Gasteiger partial charge in [-0.2, -0.15) is 10.4 Å². The van der Waals surface area contributed by atoms with Crippen molar-refractivity contribution in [2.45, 2.75) is 6.92 Å². The lowest BCUT2D eigenvalue weighted by Crippen LogP contribution is -2.03. The molecule has 0 saturated carbocycles. The van der Waals surface area contributed by atoms with Gasteiger partial charge in [-0.1, -0.05) is 18.2 Å². The SMILES string of the molecule is COC(=O)c1cccc(-n2cc(C)c(-c3ccc(C#N)cc3)n2)c1. The summed E-state index contributed by atoms with van der Waals surface area (Å²) in [5.41, 5.74) is 4.64. The Hall–Kier alpha value is -3.39. The van der Waals surface area contributed by atoms with Gasteiger partial charge in [0.1, 0.15) is 0 Å². The highest BCUT2D eigenvalue weighted by Gasteiger charge is 2.11. The molecule has 0 atom stereocenters. The zero-order valence-corrected chi connectivity index (χ0v) is 13.4. The van der Waals surface area contributed by atoms with Crippen molar-refractivity contribution >= 4 is 5.97 Å². The van der Waals surface area contributed by atoms with E-state index in [1.807, 2.05) is 31.3 Å². The van der Waals surface area contributed by atoms with Crippen molar-refractivity contribution in [3.05, 3.63) is 71.4 Å². The lowest BCUT2D eigenvalue weighted by molar-refractivity contribution is 0.0600. The fraction of sp³-hybridized carbons (Fsp3) is 0.105. The number of hydrogen-bond acceptors (Lipinski definition) is 4. The first-order valence-corrected chi connectivity index (χ1v) is 7.38. The molecule has 0 unspecified atom stereocenters. The number of carbonyl (C=O) groups is 1. The van der Waals surface area contributed by atoms with E-state index in [2.05, 4.69) is 11.2 Å². The Kier molecular flexibility index (Phi) is 4.13. The zero-order valence-electron chi connectivity index (χ0n) is 13.4. The Morgan fingerprint density at radius 3 is 2.62 bits per heavy atom. The molecule has 0 fully saturated rings. The first-order valence-electron chi connectivity index (χ1n) is 7.38. The molecule has 118 valence electrons. The monoisotopic (exact) mass is 317 g/mol. The molecule has 1 heterocycles. The molecule has 0 spiro atoms. The minimum Gasteiger partial charge on any atom is -0.465 e. The molecule has 0 N–H and O–H groups in total. The van der Waals surface area contributed by atoms with Gasteiger partial charge in [0.05, 0.1) is 35.7 Å². The van der Waals surface area contributed by atoms with Crippen LogP contribution < -0.4 is 0 Å². The van der Waals surface area contributed by atoms with Gasteiger partial charge in [-0.05, 0) is 42.8 Å². The second kappa shape index (κ2) is 6.39. The van der Waals surface area contributed by atoms with E-state index in [0.717, 1.165) is 22.5 Å². The van der Waals surface area contributed by atoms with Crippen molar-refractivity contribution in [2.24, 2.45) is 0 Å². The number of carbonyl (C=O) groups excluding carboxylic acids is 1. The second-order valence-electron chi connectivity index (χ2n) is 5.34. The number of methoxy groups -OCH3 is 1. The predicted octanol–water partition coefficient (Wildman–Crippen LogP) is 3.51. The number of nitrogens with zero attached hydrogens (tertiary/aromatic N) is 3. The average Bonchev–Trinajstić information content (AvgIpc) is 3.03. The third-order valence-corrected chi connectivity index (χ3v) is 3.72. The number of aryl methyl sites for hydroxylation is 1. The molecule has 0 aliphatic rings. The van der Waals surface area contributed by atoms with Crippen molar-refractivity contribution in [1.29, 1.82) is 5.26 Å². The van der Waals surface area contributed by atoms with Gasteiger partial charge in [-0.3, -0.25) is 0 Å². The second-order valence-corrected chi connectivity index (χ2v) is 5.34. The van der Waals surface area contributed by atoms with Gasteiger partial charge in [0.25, 0.3) is 0 Å². The summed E-state index contributed by atoms with van der Waals surface area (Å²) in [4.78, 5) is 11.7. The summed E-state index contributed by atoms with van der Waals surface area (Å²) in [7, 11) is 1.36. The van der Waals surface area contributed by atoms with E-state index in [1.165, 1.54) is 7.11 Å². The van der Waals surface area contributed by atoms with Crippen LogP contribution in [0.3, 0.4) is 0 Å². The molecule has 24 heavy (non-hydrogen) atoms. The summed E-state index contributed by atoms with van der Waals surface area (Å²) in [6.07, 6.45) is 1.91. The van der Waals surface area contributed by atoms with Gasteiger partial charge < -0.3 is 4.74 Å². The Morgan fingerprint density at radius 1 is 1.21 bits per heavy atom. The zero-order chi connectivity index (χ0) is 17.1. The Morgan fingerprint density at radius 2 is 1.96 bits per heavy atom. The fourth-order valence-corrected chi connectivity index (χ4v) is 2.47.